The van der Waals surface area contributed by atoms with Gasteiger partial charge in [0.05, 0.1) is 24.4 Å². The zero-order valence-corrected chi connectivity index (χ0v) is 17.8. The molecule has 0 spiro atoms. The van der Waals surface area contributed by atoms with Crippen LogP contribution in [-0.4, -0.2) is 91.5 Å². The van der Waals surface area contributed by atoms with E-state index >= 15 is 0 Å². The monoisotopic (exact) mass is 432 g/mol. The zero-order valence-electron chi connectivity index (χ0n) is 17.8. The maximum absolute atomic E-state index is 12.4. The highest BCUT2D eigenvalue weighted by Crippen LogP contribution is 2.51. The van der Waals surface area contributed by atoms with E-state index in [0.29, 0.717) is 19.3 Å². The highest BCUT2D eigenvalue weighted by molar-refractivity contribution is 5.83. The van der Waals surface area contributed by atoms with Gasteiger partial charge in [-0.25, -0.2) is 0 Å². The highest BCUT2D eigenvalue weighted by atomic mass is 16.7. The Balaban J connectivity index is 1.79. The van der Waals surface area contributed by atoms with E-state index in [0.717, 1.165) is 0 Å². The lowest BCUT2D eigenvalue weighted by Crippen LogP contribution is -2.60. The fourth-order valence-corrected chi connectivity index (χ4v) is 5.54. The van der Waals surface area contributed by atoms with Crippen molar-refractivity contribution in [3.63, 3.8) is 0 Å². The maximum Gasteiger partial charge on any atom is 0.187 e. The summed E-state index contributed by atoms with van der Waals surface area (Å²) in [6.07, 6.45) is -5.09. The molecule has 0 aromatic heterocycles. The summed E-state index contributed by atoms with van der Waals surface area (Å²) < 4.78 is 11.6. The van der Waals surface area contributed by atoms with Gasteiger partial charge in [-0.15, -0.1) is 0 Å². The molecule has 2 aliphatic carbocycles. The van der Waals surface area contributed by atoms with Crippen molar-refractivity contribution in [2.75, 3.05) is 13.2 Å². The van der Waals surface area contributed by atoms with Crippen LogP contribution in [0.1, 0.15) is 46.5 Å². The molecule has 9 heteroatoms. The number of rotatable bonds is 5. The van der Waals surface area contributed by atoms with Crippen LogP contribution < -0.4 is 0 Å². The number of aliphatic hydroxyl groups excluding tert-OH is 5. The first-order valence-corrected chi connectivity index (χ1v) is 10.8. The molecule has 1 heterocycles. The van der Waals surface area contributed by atoms with Gasteiger partial charge in [-0.05, 0) is 44.9 Å². The molecule has 0 aromatic carbocycles. The molecule has 0 aromatic rings. The van der Waals surface area contributed by atoms with Crippen molar-refractivity contribution in [2.24, 2.45) is 23.7 Å². The minimum absolute atomic E-state index is 0.0881. The van der Waals surface area contributed by atoms with Crippen LogP contribution in [0.4, 0.5) is 0 Å². The molecule has 3 fully saturated rings. The molecule has 1 aliphatic heterocycles. The van der Waals surface area contributed by atoms with Gasteiger partial charge in [0, 0.05) is 18.3 Å². The Morgan fingerprint density at radius 2 is 1.83 bits per heavy atom. The standard InChI is InChI=1S/C21H36O9/c1-10-12-6-11(4-5-21(28,9-23)13(12)7-14(10)24)20(2,3)30-19-18(27)17(26)16(25)15(8-22)29-19/h10-13,15-19,22-23,25-28H,4-9H2,1-3H3. The summed E-state index contributed by atoms with van der Waals surface area (Å²) in [6.45, 7) is 4.55. The van der Waals surface area contributed by atoms with E-state index < -0.39 is 55.1 Å². The van der Waals surface area contributed by atoms with E-state index in [-0.39, 0.29) is 35.9 Å². The summed E-state index contributed by atoms with van der Waals surface area (Å²) in [4.78, 5) is 12.4. The van der Waals surface area contributed by atoms with Crippen LogP contribution in [0.3, 0.4) is 0 Å². The molecule has 10 unspecified atom stereocenters. The number of ether oxygens (including phenoxy) is 2. The van der Waals surface area contributed by atoms with Gasteiger partial charge >= 0.3 is 0 Å². The molecule has 3 aliphatic rings. The number of Topliss-reactive ketones (excluding diaryl/α,β-unsaturated/α-hetero) is 1. The van der Waals surface area contributed by atoms with Crippen molar-refractivity contribution in [3.05, 3.63) is 0 Å². The second kappa shape index (κ2) is 8.71. The van der Waals surface area contributed by atoms with Crippen molar-refractivity contribution in [2.45, 2.75) is 88.4 Å². The number of ketones is 1. The third kappa shape index (κ3) is 4.19. The minimum Gasteiger partial charge on any atom is -0.394 e. The molecular formula is C21H36O9. The molecule has 30 heavy (non-hydrogen) atoms. The lowest BCUT2D eigenvalue weighted by atomic mass is 9.76. The van der Waals surface area contributed by atoms with E-state index in [1.807, 2.05) is 20.8 Å². The molecule has 10 atom stereocenters. The zero-order chi connectivity index (χ0) is 22.4. The lowest BCUT2D eigenvalue weighted by Gasteiger charge is -2.45. The molecular weight excluding hydrogens is 396 g/mol. The average Bonchev–Trinajstić information content (AvgIpc) is 2.90. The third-order valence-corrected chi connectivity index (χ3v) is 7.79. The number of hydrogen-bond donors (Lipinski definition) is 6. The topological polar surface area (TPSA) is 157 Å². The summed E-state index contributed by atoms with van der Waals surface area (Å²) >= 11 is 0. The van der Waals surface area contributed by atoms with Crippen molar-refractivity contribution >= 4 is 5.78 Å². The van der Waals surface area contributed by atoms with Crippen molar-refractivity contribution < 1.29 is 44.9 Å². The van der Waals surface area contributed by atoms with E-state index in [1.54, 1.807) is 0 Å². The number of carbonyl (C=O) groups excluding carboxylic acids is 1. The minimum atomic E-state index is -1.53. The Hall–Kier alpha value is -0.650. The van der Waals surface area contributed by atoms with Crippen molar-refractivity contribution in [3.8, 4) is 0 Å². The molecule has 1 saturated heterocycles. The van der Waals surface area contributed by atoms with Crippen LogP contribution >= 0.6 is 0 Å². The molecule has 6 N–H and O–H groups in total. The molecule has 0 amide bonds. The third-order valence-electron chi connectivity index (χ3n) is 7.79. The highest BCUT2D eigenvalue weighted by Gasteiger charge is 2.54. The first-order valence-electron chi connectivity index (χ1n) is 10.8. The van der Waals surface area contributed by atoms with E-state index in [1.165, 1.54) is 0 Å². The number of fused-ring (bicyclic) bond motifs is 1. The SMILES string of the molecule is CC1C(=O)CC2C1CC(C(C)(C)OC1OC(CO)C(O)C(O)C1O)CCC2(O)CO. The van der Waals surface area contributed by atoms with Crippen LogP contribution in [0, 0.1) is 23.7 Å². The molecule has 174 valence electrons. The molecule has 0 radical (unpaired) electrons. The summed E-state index contributed by atoms with van der Waals surface area (Å²) in [5.74, 6) is -0.661. The predicted octanol–water partition coefficient (Wildman–Crippen LogP) is -1.05. The van der Waals surface area contributed by atoms with Gasteiger partial charge in [-0.1, -0.05) is 6.92 Å². The van der Waals surface area contributed by atoms with E-state index in [2.05, 4.69) is 0 Å². The van der Waals surface area contributed by atoms with Gasteiger partial charge in [-0.3, -0.25) is 4.79 Å². The first kappa shape index (κ1) is 24.0. The maximum atomic E-state index is 12.4. The summed E-state index contributed by atoms with van der Waals surface area (Å²) in [6, 6.07) is 0. The summed E-state index contributed by atoms with van der Waals surface area (Å²) in [7, 11) is 0. The Labute approximate surface area is 176 Å². The van der Waals surface area contributed by atoms with Crippen LogP contribution in [0.15, 0.2) is 0 Å². The van der Waals surface area contributed by atoms with Crippen LogP contribution in [0.2, 0.25) is 0 Å². The van der Waals surface area contributed by atoms with Gasteiger partial charge in [0.2, 0.25) is 0 Å². The Morgan fingerprint density at radius 1 is 1.17 bits per heavy atom. The quantitative estimate of drug-likeness (QED) is 0.319. The normalized spacial score (nSPS) is 47.8. The van der Waals surface area contributed by atoms with Gasteiger partial charge in [0.15, 0.2) is 6.29 Å². The van der Waals surface area contributed by atoms with Crippen LogP contribution in [-0.2, 0) is 14.3 Å². The van der Waals surface area contributed by atoms with Gasteiger partial charge in [0.1, 0.15) is 30.2 Å². The number of carbonyl (C=O) groups is 1. The smallest absolute Gasteiger partial charge is 0.187 e. The fourth-order valence-electron chi connectivity index (χ4n) is 5.54. The van der Waals surface area contributed by atoms with E-state index in [9.17, 15) is 35.4 Å². The van der Waals surface area contributed by atoms with Crippen molar-refractivity contribution in [1.82, 2.24) is 0 Å². The van der Waals surface area contributed by atoms with Crippen LogP contribution in [0.5, 0.6) is 0 Å². The summed E-state index contributed by atoms with van der Waals surface area (Å²) in [5.41, 5.74) is -2.19. The average molecular weight is 433 g/mol. The predicted molar refractivity (Wildman–Crippen MR) is 104 cm³/mol. The molecule has 9 nitrogen and oxygen atoms in total. The Bertz CT molecular complexity index is 624. The van der Waals surface area contributed by atoms with Gasteiger partial charge in [0.25, 0.3) is 0 Å². The molecule has 2 saturated carbocycles. The van der Waals surface area contributed by atoms with E-state index in [4.69, 9.17) is 9.47 Å². The largest absolute Gasteiger partial charge is 0.394 e. The second-order valence-electron chi connectivity index (χ2n) is 9.88. The number of hydrogen-bond acceptors (Lipinski definition) is 9. The summed E-state index contributed by atoms with van der Waals surface area (Å²) in [5, 5.41) is 60.6. The second-order valence-corrected chi connectivity index (χ2v) is 9.88. The van der Waals surface area contributed by atoms with Crippen LogP contribution in [0.25, 0.3) is 0 Å². The first-order chi connectivity index (χ1) is 13.9. The van der Waals surface area contributed by atoms with Gasteiger partial charge in [-0.2, -0.15) is 0 Å². The number of aliphatic hydroxyl groups is 6. The molecule has 3 rings (SSSR count). The Kier molecular flexibility index (Phi) is 6.97. The fraction of sp³-hybridized carbons (Fsp3) is 0.952. The Morgan fingerprint density at radius 3 is 2.43 bits per heavy atom. The van der Waals surface area contributed by atoms with Crippen molar-refractivity contribution in [1.29, 1.82) is 0 Å². The van der Waals surface area contributed by atoms with Gasteiger partial charge < -0.3 is 40.1 Å². The lowest BCUT2D eigenvalue weighted by molar-refractivity contribution is -0.329. The molecule has 0 bridgehead atoms.